The molecule has 0 unspecified atom stereocenters. The summed E-state index contributed by atoms with van der Waals surface area (Å²) in [5.41, 5.74) is 1.30. The number of nitrogens with one attached hydrogen (secondary N) is 1. The summed E-state index contributed by atoms with van der Waals surface area (Å²) in [6.07, 6.45) is -2.34. The average molecular weight is 381 g/mol. The van der Waals surface area contributed by atoms with Crippen molar-refractivity contribution in [2.24, 2.45) is 0 Å². The summed E-state index contributed by atoms with van der Waals surface area (Å²) in [5, 5.41) is 2.52. The van der Waals surface area contributed by atoms with Crippen LogP contribution in [0.25, 0.3) is 0 Å². The molecule has 0 saturated heterocycles. The van der Waals surface area contributed by atoms with Crippen LogP contribution < -0.4 is 19.5 Å². The molecule has 27 heavy (non-hydrogen) atoms. The van der Waals surface area contributed by atoms with Crippen LogP contribution in [0.15, 0.2) is 55.1 Å². The van der Waals surface area contributed by atoms with Gasteiger partial charge in [0.2, 0.25) is 0 Å². The number of carbonyl (C=O) groups is 1. The molecule has 0 aliphatic carbocycles. The Morgan fingerprint density at radius 3 is 2.44 bits per heavy atom. The minimum Gasteiger partial charge on any atom is -0.493 e. The number of allylic oxidation sites excluding steroid dienone is 1. The summed E-state index contributed by atoms with van der Waals surface area (Å²) in [4.78, 5) is 12.0. The first-order valence-electron chi connectivity index (χ1n) is 7.87. The number of benzene rings is 2. The molecule has 0 saturated carbocycles. The topological polar surface area (TPSA) is 56.8 Å². The molecule has 0 spiro atoms. The van der Waals surface area contributed by atoms with E-state index in [1.165, 1.54) is 19.2 Å². The summed E-state index contributed by atoms with van der Waals surface area (Å²) in [6.45, 7) is 3.37. The van der Waals surface area contributed by atoms with E-state index in [0.29, 0.717) is 23.6 Å². The van der Waals surface area contributed by atoms with Crippen LogP contribution in [0.2, 0.25) is 0 Å². The molecule has 1 amide bonds. The van der Waals surface area contributed by atoms with Crippen molar-refractivity contribution in [3.8, 4) is 17.2 Å². The lowest BCUT2D eigenvalue weighted by Crippen LogP contribution is -2.20. The molecule has 0 aliphatic heterocycles. The number of alkyl halides is 3. The molecule has 2 rings (SSSR count). The van der Waals surface area contributed by atoms with Gasteiger partial charge in [-0.15, -0.1) is 19.8 Å². The first-order valence-corrected chi connectivity index (χ1v) is 7.87. The second kappa shape index (κ2) is 8.98. The van der Waals surface area contributed by atoms with Crippen molar-refractivity contribution >= 4 is 11.6 Å². The number of carbonyl (C=O) groups excluding carboxylic acids is 1. The van der Waals surface area contributed by atoms with Crippen LogP contribution in [0.1, 0.15) is 5.56 Å². The Balaban J connectivity index is 1.91. The van der Waals surface area contributed by atoms with Crippen molar-refractivity contribution in [3.63, 3.8) is 0 Å². The molecular weight excluding hydrogens is 363 g/mol. The van der Waals surface area contributed by atoms with E-state index in [9.17, 15) is 18.0 Å². The monoisotopic (exact) mass is 381 g/mol. The highest BCUT2D eigenvalue weighted by molar-refractivity contribution is 5.91. The van der Waals surface area contributed by atoms with Crippen LogP contribution in [-0.4, -0.2) is 26.0 Å². The van der Waals surface area contributed by atoms with E-state index < -0.39 is 12.3 Å². The fourth-order valence-electron chi connectivity index (χ4n) is 2.21. The van der Waals surface area contributed by atoms with Crippen molar-refractivity contribution < 1.29 is 32.2 Å². The zero-order valence-electron chi connectivity index (χ0n) is 14.5. The molecule has 0 aromatic heterocycles. The van der Waals surface area contributed by atoms with Gasteiger partial charge in [-0.25, -0.2) is 0 Å². The van der Waals surface area contributed by atoms with Crippen molar-refractivity contribution in [1.29, 1.82) is 0 Å². The highest BCUT2D eigenvalue weighted by Gasteiger charge is 2.30. The Labute approximate surface area is 154 Å². The van der Waals surface area contributed by atoms with Gasteiger partial charge in [-0.1, -0.05) is 12.1 Å². The molecule has 0 atom stereocenters. The maximum Gasteiger partial charge on any atom is 0.573 e. The zero-order valence-corrected chi connectivity index (χ0v) is 14.5. The fourth-order valence-corrected chi connectivity index (χ4v) is 2.21. The maximum absolute atomic E-state index is 12.1. The molecule has 0 bridgehead atoms. The first kappa shape index (κ1) is 20.2. The molecule has 0 fully saturated rings. The molecule has 2 aromatic rings. The molecule has 8 heteroatoms. The predicted octanol–water partition coefficient (Wildman–Crippen LogP) is 4.34. The van der Waals surface area contributed by atoms with E-state index >= 15 is 0 Å². The van der Waals surface area contributed by atoms with Gasteiger partial charge in [0, 0.05) is 5.69 Å². The number of hydrogen-bond acceptors (Lipinski definition) is 4. The second-order valence-corrected chi connectivity index (χ2v) is 5.39. The van der Waals surface area contributed by atoms with E-state index in [2.05, 4.69) is 16.6 Å². The van der Waals surface area contributed by atoms with Gasteiger partial charge in [-0.3, -0.25) is 4.79 Å². The Bertz CT molecular complexity index is 789. The molecule has 0 heterocycles. The lowest BCUT2D eigenvalue weighted by Gasteiger charge is -2.12. The van der Waals surface area contributed by atoms with Crippen LogP contribution in [0.4, 0.5) is 18.9 Å². The van der Waals surface area contributed by atoms with E-state index in [4.69, 9.17) is 9.47 Å². The van der Waals surface area contributed by atoms with Gasteiger partial charge in [0.05, 0.1) is 7.11 Å². The van der Waals surface area contributed by atoms with Crippen LogP contribution in [-0.2, 0) is 11.2 Å². The highest BCUT2D eigenvalue weighted by Crippen LogP contribution is 2.28. The minimum absolute atomic E-state index is 0.294. The fraction of sp³-hybridized carbons (Fsp3) is 0.211. The molecular formula is C19H18F3NO4. The molecule has 0 aliphatic rings. The summed E-state index contributed by atoms with van der Waals surface area (Å²) < 4.78 is 50.8. The normalized spacial score (nSPS) is 10.8. The van der Waals surface area contributed by atoms with Gasteiger partial charge in [-0.05, 0) is 48.4 Å². The third-order valence-corrected chi connectivity index (χ3v) is 3.34. The number of hydrogen-bond donors (Lipinski definition) is 1. The van der Waals surface area contributed by atoms with Gasteiger partial charge < -0.3 is 19.5 Å². The third kappa shape index (κ3) is 6.58. The summed E-state index contributed by atoms with van der Waals surface area (Å²) in [5.74, 6) is 0.0306. The van der Waals surface area contributed by atoms with E-state index in [-0.39, 0.29) is 12.4 Å². The van der Waals surface area contributed by atoms with Crippen LogP contribution in [0.5, 0.6) is 17.2 Å². The van der Waals surface area contributed by atoms with Crippen LogP contribution in [0, 0.1) is 0 Å². The number of methoxy groups -OCH3 is 1. The number of rotatable bonds is 8. The van der Waals surface area contributed by atoms with Gasteiger partial charge in [0.1, 0.15) is 5.75 Å². The zero-order chi connectivity index (χ0) is 19.9. The summed E-state index contributed by atoms with van der Waals surface area (Å²) in [7, 11) is 1.49. The Morgan fingerprint density at radius 1 is 1.15 bits per heavy atom. The SMILES string of the molecule is C=CCc1ccc(OCC(=O)Nc2ccc(OC(F)(F)F)cc2)c(OC)c1. The van der Waals surface area contributed by atoms with Crippen LogP contribution in [0.3, 0.4) is 0 Å². The van der Waals surface area contributed by atoms with Crippen molar-refractivity contribution in [2.45, 2.75) is 12.8 Å². The van der Waals surface area contributed by atoms with E-state index in [1.54, 1.807) is 18.2 Å². The standard InChI is InChI=1S/C19H18F3NO4/c1-3-4-13-5-10-16(17(11-13)25-2)26-12-18(24)23-14-6-8-15(9-7-14)27-19(20,21)22/h3,5-11H,1,4,12H2,2H3,(H,23,24). The van der Waals surface area contributed by atoms with Crippen molar-refractivity contribution in [2.75, 3.05) is 19.0 Å². The second-order valence-electron chi connectivity index (χ2n) is 5.39. The predicted molar refractivity (Wildman–Crippen MR) is 94.1 cm³/mol. The van der Waals surface area contributed by atoms with Crippen molar-refractivity contribution in [3.05, 3.63) is 60.7 Å². The largest absolute Gasteiger partial charge is 0.573 e. The molecule has 5 nitrogen and oxygen atoms in total. The number of ether oxygens (including phenoxy) is 3. The van der Waals surface area contributed by atoms with Gasteiger partial charge in [0.15, 0.2) is 18.1 Å². The average Bonchev–Trinajstić information content (AvgIpc) is 2.61. The van der Waals surface area contributed by atoms with Gasteiger partial charge in [-0.2, -0.15) is 0 Å². The smallest absolute Gasteiger partial charge is 0.493 e. The third-order valence-electron chi connectivity index (χ3n) is 3.34. The highest BCUT2D eigenvalue weighted by atomic mass is 19.4. The molecule has 2 aromatic carbocycles. The Hall–Kier alpha value is -3.16. The number of halogens is 3. The lowest BCUT2D eigenvalue weighted by atomic mass is 10.1. The molecule has 1 N–H and O–H groups in total. The molecule has 144 valence electrons. The first-order chi connectivity index (χ1) is 12.8. The molecule has 0 radical (unpaired) electrons. The Kier molecular flexibility index (Phi) is 6.70. The van der Waals surface area contributed by atoms with Crippen molar-refractivity contribution in [1.82, 2.24) is 0 Å². The summed E-state index contributed by atoms with van der Waals surface area (Å²) in [6, 6.07) is 10.1. The van der Waals surface area contributed by atoms with E-state index in [1.807, 2.05) is 6.07 Å². The lowest BCUT2D eigenvalue weighted by molar-refractivity contribution is -0.274. The van der Waals surface area contributed by atoms with Gasteiger partial charge >= 0.3 is 6.36 Å². The van der Waals surface area contributed by atoms with Gasteiger partial charge in [0.25, 0.3) is 5.91 Å². The Morgan fingerprint density at radius 2 is 1.85 bits per heavy atom. The summed E-state index contributed by atoms with van der Waals surface area (Å²) >= 11 is 0. The van der Waals surface area contributed by atoms with Crippen LogP contribution >= 0.6 is 0 Å². The quantitative estimate of drug-likeness (QED) is 0.691. The number of anilines is 1. The number of amides is 1. The maximum atomic E-state index is 12.1. The minimum atomic E-state index is -4.76. The van der Waals surface area contributed by atoms with E-state index in [0.717, 1.165) is 17.7 Å².